The van der Waals surface area contributed by atoms with Gasteiger partial charge in [-0.25, -0.2) is 0 Å². The number of hydrogen-bond donors (Lipinski definition) is 0. The average Bonchev–Trinajstić information content (AvgIpc) is 2.91. The molecule has 0 radical (unpaired) electrons. The molecule has 0 saturated carbocycles. The van der Waals surface area contributed by atoms with Crippen molar-refractivity contribution in [1.29, 1.82) is 0 Å². The molecule has 0 unspecified atom stereocenters. The van der Waals surface area contributed by atoms with Gasteiger partial charge >= 0.3 is 29.6 Å². The van der Waals surface area contributed by atoms with E-state index in [1.165, 1.54) is 180 Å². The van der Waals surface area contributed by atoms with E-state index in [9.17, 15) is 0 Å². The molecule has 1 nitrogen and oxygen atoms in total. The number of unbranched alkanes of at least 4 members (excludes halogenated alkanes) is 24. The van der Waals surface area contributed by atoms with Crippen LogP contribution in [0.3, 0.4) is 0 Å². The van der Waals surface area contributed by atoms with Gasteiger partial charge in [-0.05, 0) is 64.2 Å². The van der Waals surface area contributed by atoms with Gasteiger partial charge in [0.25, 0.3) is 0 Å². The van der Waals surface area contributed by atoms with Crippen molar-refractivity contribution in [3.63, 3.8) is 0 Å². The van der Waals surface area contributed by atoms with Crippen molar-refractivity contribution in [2.24, 2.45) is 0 Å². The molecule has 0 aliphatic heterocycles. The van der Waals surface area contributed by atoms with E-state index in [1.807, 2.05) is 0 Å². The average molecular weight is 543 g/mol. The molecular formula is C36H71NaO. The third-order valence-electron chi connectivity index (χ3n) is 7.60. The van der Waals surface area contributed by atoms with Gasteiger partial charge in [0.1, 0.15) is 0 Å². The third kappa shape index (κ3) is 38.6. The summed E-state index contributed by atoms with van der Waals surface area (Å²) in [5.74, 6) is 0. The summed E-state index contributed by atoms with van der Waals surface area (Å²) in [6, 6.07) is 0. The van der Waals surface area contributed by atoms with Gasteiger partial charge < -0.3 is 6.16 Å². The van der Waals surface area contributed by atoms with Crippen LogP contribution in [0.1, 0.15) is 195 Å². The van der Waals surface area contributed by atoms with E-state index in [-0.39, 0.29) is 31.0 Å². The summed E-state index contributed by atoms with van der Waals surface area (Å²) >= 11 is 0. The molecule has 0 aliphatic carbocycles. The van der Waals surface area contributed by atoms with Crippen LogP contribution in [0.25, 0.3) is 0 Å². The Hall–Kier alpha value is 0.440. The molecule has 0 aromatic carbocycles. The van der Waals surface area contributed by atoms with Gasteiger partial charge in [0.15, 0.2) is 0 Å². The molecule has 0 aliphatic rings. The minimum absolute atomic E-state index is 0. The van der Waals surface area contributed by atoms with E-state index in [0.29, 0.717) is 0 Å². The molecule has 0 bridgehead atoms. The summed E-state index contributed by atoms with van der Waals surface area (Å²) in [5.41, 5.74) is 0. The van der Waals surface area contributed by atoms with E-state index in [2.05, 4.69) is 38.2 Å². The predicted octanol–water partition coefficient (Wildman–Crippen LogP) is 10.2. The molecule has 2 heteroatoms. The number of hydrogen-bond acceptors (Lipinski definition) is 1. The van der Waals surface area contributed by atoms with Gasteiger partial charge in [0.2, 0.25) is 0 Å². The summed E-state index contributed by atoms with van der Waals surface area (Å²) in [7, 11) is 0. The monoisotopic (exact) mass is 543 g/mol. The molecule has 0 aromatic heterocycles. The van der Waals surface area contributed by atoms with Crippen LogP contribution in [0, 0.1) is 0 Å². The molecular weight excluding hydrogens is 471 g/mol. The zero-order valence-corrected chi connectivity index (χ0v) is 28.9. The number of ether oxygens (including phenoxy) is 1. The molecule has 0 saturated heterocycles. The topological polar surface area (TPSA) is 9.23 Å². The first-order chi connectivity index (χ1) is 18.4. The van der Waals surface area contributed by atoms with Gasteiger partial charge in [-0.2, -0.15) is 0 Å². The minimum atomic E-state index is 0. The Morgan fingerprint density at radius 1 is 0.342 bits per heavy atom. The van der Waals surface area contributed by atoms with E-state index in [0.717, 1.165) is 13.2 Å². The molecule has 0 heterocycles. The summed E-state index contributed by atoms with van der Waals surface area (Å²) in [4.78, 5) is 0. The smallest absolute Gasteiger partial charge is 1.00 e. The van der Waals surface area contributed by atoms with Crippen LogP contribution >= 0.6 is 0 Å². The Morgan fingerprint density at radius 3 is 0.868 bits per heavy atom. The fourth-order valence-corrected chi connectivity index (χ4v) is 5.01. The van der Waals surface area contributed by atoms with Crippen molar-refractivity contribution in [1.82, 2.24) is 0 Å². The van der Waals surface area contributed by atoms with Crippen molar-refractivity contribution in [2.45, 2.75) is 194 Å². The molecule has 0 atom stereocenters. The van der Waals surface area contributed by atoms with Crippen LogP contribution < -0.4 is 29.6 Å². The molecule has 38 heavy (non-hydrogen) atoms. The Balaban J connectivity index is -0.00000648. The Labute approximate surface area is 265 Å². The largest absolute Gasteiger partial charge is 1.00 e. The van der Waals surface area contributed by atoms with Crippen molar-refractivity contribution in [3.05, 3.63) is 24.3 Å². The van der Waals surface area contributed by atoms with Gasteiger partial charge in [0.05, 0.1) is 0 Å². The van der Waals surface area contributed by atoms with E-state index in [4.69, 9.17) is 4.74 Å². The summed E-state index contributed by atoms with van der Waals surface area (Å²) in [6.07, 6.45) is 48.1. The van der Waals surface area contributed by atoms with Crippen LogP contribution in [0.2, 0.25) is 0 Å². The second-order valence-electron chi connectivity index (χ2n) is 11.5. The van der Waals surface area contributed by atoms with Gasteiger partial charge in [-0.1, -0.05) is 154 Å². The predicted molar refractivity (Wildman–Crippen MR) is 171 cm³/mol. The van der Waals surface area contributed by atoms with Gasteiger partial charge in [0, 0.05) is 13.2 Å². The van der Waals surface area contributed by atoms with Crippen LogP contribution in [0.5, 0.6) is 0 Å². The molecule has 0 aromatic rings. The van der Waals surface area contributed by atoms with E-state index >= 15 is 0 Å². The molecule has 0 amide bonds. The maximum absolute atomic E-state index is 5.85. The molecule has 0 rings (SSSR count). The van der Waals surface area contributed by atoms with Crippen molar-refractivity contribution < 1.29 is 35.7 Å². The number of rotatable bonds is 32. The van der Waals surface area contributed by atoms with E-state index in [1.54, 1.807) is 0 Å². The summed E-state index contributed by atoms with van der Waals surface area (Å²) < 4.78 is 5.85. The van der Waals surface area contributed by atoms with Gasteiger partial charge in [-0.3, -0.25) is 0 Å². The van der Waals surface area contributed by atoms with Crippen LogP contribution in [-0.4, -0.2) is 13.2 Å². The number of allylic oxidation sites excluding steroid dienone is 4. The van der Waals surface area contributed by atoms with Crippen LogP contribution in [-0.2, 0) is 4.74 Å². The second kappa shape index (κ2) is 39.6. The first-order valence-corrected chi connectivity index (χ1v) is 17.3. The molecule has 0 spiro atoms. The van der Waals surface area contributed by atoms with E-state index < -0.39 is 0 Å². The van der Waals surface area contributed by atoms with Crippen LogP contribution in [0.4, 0.5) is 0 Å². The SMILES string of the molecule is CCCCCCCC/C=C\CCCCCCCCOCCCCCCCC/C=C\CCCCCCCC.[H-].[Na+]. The maximum Gasteiger partial charge on any atom is 1.00 e. The zero-order valence-electron chi connectivity index (χ0n) is 27.9. The fraction of sp³-hybridized carbons (Fsp3) is 0.889. The van der Waals surface area contributed by atoms with Crippen molar-refractivity contribution in [2.75, 3.05) is 13.2 Å². The van der Waals surface area contributed by atoms with Crippen molar-refractivity contribution >= 4 is 0 Å². The van der Waals surface area contributed by atoms with Crippen molar-refractivity contribution in [3.8, 4) is 0 Å². The summed E-state index contributed by atoms with van der Waals surface area (Å²) in [6.45, 7) is 6.54. The first kappa shape index (κ1) is 40.6. The molecule has 0 N–H and O–H groups in total. The normalized spacial score (nSPS) is 11.6. The van der Waals surface area contributed by atoms with Crippen LogP contribution in [0.15, 0.2) is 24.3 Å². The first-order valence-electron chi connectivity index (χ1n) is 17.3. The summed E-state index contributed by atoms with van der Waals surface area (Å²) in [5, 5.41) is 0. The standard InChI is InChI=1S/C36H70O.Na.H/c1-3-5-7-9-11-13-15-17-19-21-23-25-27-29-31-33-35-37-36-34-32-30-28-26-24-22-20-18-16-14-12-10-8-6-4-2;;/h17-20H,3-16,21-36H2,1-2H3;;/q;+1;-1/b19-17-,20-18-;;. The quantitative estimate of drug-likeness (QED) is 0.0467. The minimum Gasteiger partial charge on any atom is -1.00 e. The Bertz CT molecular complexity index is 411. The second-order valence-corrected chi connectivity index (χ2v) is 11.5. The fourth-order valence-electron chi connectivity index (χ4n) is 5.01. The molecule has 222 valence electrons. The Kier molecular flexibility index (Phi) is 42.3. The van der Waals surface area contributed by atoms with Gasteiger partial charge in [-0.15, -0.1) is 0 Å². The zero-order chi connectivity index (χ0) is 26.7. The Morgan fingerprint density at radius 2 is 0.579 bits per heavy atom. The maximum atomic E-state index is 5.85. The molecule has 0 fully saturated rings. The third-order valence-corrected chi connectivity index (χ3v) is 7.60.